The van der Waals surface area contributed by atoms with Crippen molar-refractivity contribution in [2.75, 3.05) is 54.6 Å². The number of nitrogens with zero attached hydrogens (tertiary/aromatic N) is 1. The van der Waals surface area contributed by atoms with Crippen molar-refractivity contribution >= 4 is 11.6 Å². The normalized spacial score (nSPS) is 13.2. The Bertz CT molecular complexity index is 2090. The minimum atomic E-state index is -0.449. The van der Waals surface area contributed by atoms with Crippen LogP contribution >= 0.6 is 0 Å². The summed E-state index contributed by atoms with van der Waals surface area (Å²) in [5.74, 6) is 5.06. The van der Waals surface area contributed by atoms with Gasteiger partial charge in [0.05, 0.1) is 60.6 Å². The van der Waals surface area contributed by atoms with Crippen LogP contribution in [-0.2, 0) is 0 Å². The summed E-state index contributed by atoms with van der Waals surface area (Å²) >= 11 is 0. The number of anilines is 1. The van der Waals surface area contributed by atoms with Gasteiger partial charge < -0.3 is 53.1 Å². The fourth-order valence-electron chi connectivity index (χ4n) is 5.86. The summed E-state index contributed by atoms with van der Waals surface area (Å²) in [6, 6.07) is 21.8. The number of carbonyl (C=O) groups is 1. The molecule has 0 aliphatic carbocycles. The predicted octanol–water partition coefficient (Wildman–Crippen LogP) is 7.67. The van der Waals surface area contributed by atoms with Gasteiger partial charge in [0.25, 0.3) is 5.91 Å². The first-order valence-electron chi connectivity index (χ1n) is 16.7. The molecule has 0 saturated heterocycles. The highest BCUT2D eigenvalue weighted by molar-refractivity contribution is 6.02. The van der Waals surface area contributed by atoms with Gasteiger partial charge in [-0.15, -0.1) is 0 Å². The number of nitrogens with one attached hydrogen (secondary N) is 2. The Balaban J connectivity index is 1.06. The second kappa shape index (κ2) is 16.2. The molecule has 276 valence electrons. The number of hydrogen-bond donors (Lipinski definition) is 2. The number of hydrogen-bond acceptors (Lipinski definition) is 12. The maximum Gasteiger partial charge on any atom is 0.255 e. The lowest BCUT2D eigenvalue weighted by molar-refractivity contribution is 0.0935. The third kappa shape index (κ3) is 7.88. The Hall–Kier alpha value is -6.50. The van der Waals surface area contributed by atoms with E-state index in [0.717, 1.165) is 11.1 Å². The van der Waals surface area contributed by atoms with E-state index in [1.54, 1.807) is 73.0 Å². The molecule has 53 heavy (non-hydrogen) atoms. The van der Waals surface area contributed by atoms with Crippen LogP contribution in [0.4, 0.5) is 5.69 Å². The lowest BCUT2D eigenvalue weighted by Gasteiger charge is -2.28. The number of rotatable bonds is 16. The van der Waals surface area contributed by atoms with Gasteiger partial charge >= 0.3 is 0 Å². The van der Waals surface area contributed by atoms with Gasteiger partial charge in [-0.3, -0.25) is 4.79 Å². The van der Waals surface area contributed by atoms with Crippen molar-refractivity contribution < 1.29 is 47.2 Å². The van der Waals surface area contributed by atoms with Crippen molar-refractivity contribution in [2.45, 2.75) is 19.0 Å². The fraction of sp³-hybridized carbons (Fsp3) is 0.250. The second-order valence-corrected chi connectivity index (χ2v) is 11.8. The van der Waals surface area contributed by atoms with Crippen molar-refractivity contribution in [3.63, 3.8) is 0 Å². The summed E-state index contributed by atoms with van der Waals surface area (Å²) in [5, 5.41) is 10.6. The summed E-state index contributed by atoms with van der Waals surface area (Å²) in [7, 11) is 9.37. The summed E-state index contributed by atoms with van der Waals surface area (Å²) < 4.78 is 50.8. The second-order valence-electron chi connectivity index (χ2n) is 11.8. The standard InChI is InChI=1S/C40H41N3O10/c1-23(9-8-16-51-32-15-11-25(18-34(32)47-4)39-41-29-13-12-27(45-2)21-28(29)40(44)42-39)52-35-17-24(10-14-31(35)46-3)30-22-33(53-43-30)26-19-36(48-5)38(50-7)37(20-26)49-6/h10-15,17-22,39,41H,1,8-9,16H2,2-7H3,(H,42,44). The maximum absolute atomic E-state index is 12.8. The molecule has 0 radical (unpaired) electrons. The van der Waals surface area contributed by atoms with Gasteiger partial charge in [-0.2, -0.15) is 0 Å². The highest BCUT2D eigenvalue weighted by atomic mass is 16.5. The van der Waals surface area contributed by atoms with Gasteiger partial charge in [-0.05, 0) is 72.6 Å². The molecule has 5 aromatic rings. The molecule has 0 fully saturated rings. The Morgan fingerprint density at radius 2 is 1.43 bits per heavy atom. The minimum Gasteiger partial charge on any atom is -0.497 e. The van der Waals surface area contributed by atoms with E-state index in [4.69, 9.17) is 42.4 Å². The largest absolute Gasteiger partial charge is 0.497 e. The Morgan fingerprint density at radius 3 is 2.13 bits per heavy atom. The van der Waals surface area contributed by atoms with Crippen molar-refractivity contribution in [1.82, 2.24) is 10.5 Å². The molecular weight excluding hydrogens is 682 g/mol. The highest BCUT2D eigenvalue weighted by Gasteiger charge is 2.26. The molecule has 0 spiro atoms. The smallest absolute Gasteiger partial charge is 0.255 e. The molecular formula is C40H41N3O10. The lowest BCUT2D eigenvalue weighted by Crippen LogP contribution is -2.38. The zero-order valence-electron chi connectivity index (χ0n) is 30.4. The van der Waals surface area contributed by atoms with Crippen LogP contribution in [0.1, 0.15) is 34.9 Å². The van der Waals surface area contributed by atoms with Crippen LogP contribution in [0.5, 0.6) is 46.0 Å². The monoisotopic (exact) mass is 723 g/mol. The van der Waals surface area contributed by atoms with Gasteiger partial charge in [0, 0.05) is 29.3 Å². The van der Waals surface area contributed by atoms with Crippen molar-refractivity contribution in [3.05, 3.63) is 96.3 Å². The highest BCUT2D eigenvalue weighted by Crippen LogP contribution is 2.42. The molecule has 13 nitrogen and oxygen atoms in total. The van der Waals surface area contributed by atoms with Gasteiger partial charge in [0.15, 0.2) is 40.3 Å². The van der Waals surface area contributed by atoms with E-state index < -0.39 is 6.17 Å². The van der Waals surface area contributed by atoms with Crippen LogP contribution in [0, 0.1) is 0 Å². The minimum absolute atomic E-state index is 0.200. The molecule has 1 aliphatic rings. The summed E-state index contributed by atoms with van der Waals surface area (Å²) in [6.45, 7) is 4.50. The number of amides is 1. The van der Waals surface area contributed by atoms with Gasteiger partial charge in [0.2, 0.25) is 5.75 Å². The van der Waals surface area contributed by atoms with E-state index in [0.29, 0.717) is 99.5 Å². The van der Waals surface area contributed by atoms with Crippen molar-refractivity contribution in [3.8, 4) is 68.6 Å². The number of benzene rings is 4. The van der Waals surface area contributed by atoms with Gasteiger partial charge in [0.1, 0.15) is 17.6 Å². The van der Waals surface area contributed by atoms with E-state index >= 15 is 0 Å². The zero-order chi connectivity index (χ0) is 37.5. The number of fused-ring (bicyclic) bond motifs is 1. The molecule has 6 rings (SSSR count). The molecule has 13 heteroatoms. The Morgan fingerprint density at radius 1 is 0.717 bits per heavy atom. The average molecular weight is 724 g/mol. The molecule has 1 aliphatic heterocycles. The first-order chi connectivity index (χ1) is 25.8. The van der Waals surface area contributed by atoms with E-state index in [2.05, 4.69) is 22.4 Å². The van der Waals surface area contributed by atoms with Crippen LogP contribution in [0.15, 0.2) is 89.7 Å². The van der Waals surface area contributed by atoms with E-state index in [-0.39, 0.29) is 5.91 Å². The molecule has 1 atom stereocenters. The first-order valence-corrected chi connectivity index (χ1v) is 16.7. The quantitative estimate of drug-likeness (QED) is 0.0763. The molecule has 1 unspecified atom stereocenters. The number of aromatic nitrogens is 1. The summed E-state index contributed by atoms with van der Waals surface area (Å²) in [6.07, 6.45) is 0.689. The Kier molecular flexibility index (Phi) is 11.1. The average Bonchev–Trinajstić information content (AvgIpc) is 3.69. The van der Waals surface area contributed by atoms with Crippen LogP contribution in [0.25, 0.3) is 22.6 Å². The zero-order valence-corrected chi connectivity index (χ0v) is 30.4. The molecule has 0 bridgehead atoms. The van der Waals surface area contributed by atoms with Crippen LogP contribution < -0.4 is 48.5 Å². The first kappa shape index (κ1) is 36.3. The lowest BCUT2D eigenvalue weighted by atomic mass is 10.0. The Labute approximate surface area is 307 Å². The van der Waals surface area contributed by atoms with Crippen molar-refractivity contribution in [1.29, 1.82) is 0 Å². The molecule has 4 aromatic carbocycles. The number of carbonyl (C=O) groups excluding carboxylic acids is 1. The van der Waals surface area contributed by atoms with Crippen LogP contribution in [0.2, 0.25) is 0 Å². The van der Waals surface area contributed by atoms with E-state index in [1.165, 1.54) is 0 Å². The van der Waals surface area contributed by atoms with Crippen molar-refractivity contribution in [2.24, 2.45) is 0 Å². The molecule has 1 aromatic heterocycles. The maximum atomic E-state index is 12.8. The summed E-state index contributed by atoms with van der Waals surface area (Å²) in [5.41, 5.74) is 4.09. The van der Waals surface area contributed by atoms with Gasteiger partial charge in [-0.1, -0.05) is 17.8 Å². The molecule has 2 N–H and O–H groups in total. The number of allylic oxidation sites excluding steroid dienone is 1. The number of ether oxygens (including phenoxy) is 8. The van der Waals surface area contributed by atoms with E-state index in [1.807, 2.05) is 42.5 Å². The predicted molar refractivity (Wildman–Crippen MR) is 198 cm³/mol. The fourth-order valence-corrected chi connectivity index (χ4v) is 5.86. The molecule has 0 saturated carbocycles. The summed E-state index contributed by atoms with van der Waals surface area (Å²) in [4.78, 5) is 12.8. The SMILES string of the molecule is C=C(CCCOc1ccc(C2NC(=O)c3cc(OC)ccc3N2)cc1OC)Oc1cc(-c2cc(-c3cc(OC)c(OC)c(OC)c3)on2)ccc1OC. The third-order valence-corrected chi connectivity index (χ3v) is 8.60. The molecule has 1 amide bonds. The van der Waals surface area contributed by atoms with Crippen LogP contribution in [-0.4, -0.2) is 60.3 Å². The van der Waals surface area contributed by atoms with Crippen LogP contribution in [0.3, 0.4) is 0 Å². The topological polar surface area (TPSA) is 141 Å². The third-order valence-electron chi connectivity index (χ3n) is 8.60. The van der Waals surface area contributed by atoms with E-state index in [9.17, 15) is 4.79 Å². The molecule has 2 heterocycles. The van der Waals surface area contributed by atoms with Gasteiger partial charge in [-0.25, -0.2) is 0 Å². The number of methoxy groups -OCH3 is 6.